The van der Waals surface area contributed by atoms with Crippen molar-refractivity contribution in [3.05, 3.63) is 0 Å². The number of aliphatic hydroxyl groups is 1. The topological polar surface area (TPSA) is 80.2 Å². The first-order valence-corrected chi connectivity index (χ1v) is 7.47. The van der Waals surface area contributed by atoms with E-state index >= 15 is 0 Å². The van der Waals surface area contributed by atoms with Gasteiger partial charge in [0.25, 0.3) is 0 Å². The van der Waals surface area contributed by atoms with Crippen LogP contribution in [-0.4, -0.2) is 45.1 Å². The molecule has 0 saturated heterocycles. The Balaban J connectivity index is 2.79. The molecule has 1 atom stereocenters. The average molecular weight is 286 g/mol. The van der Waals surface area contributed by atoms with Gasteiger partial charge in [0.2, 0.25) is 5.95 Å². The molecule has 19 heavy (non-hydrogen) atoms. The van der Waals surface area contributed by atoms with E-state index in [2.05, 4.69) is 27.2 Å². The van der Waals surface area contributed by atoms with E-state index in [9.17, 15) is 0 Å². The fourth-order valence-electron chi connectivity index (χ4n) is 1.32. The predicted octanol–water partition coefficient (Wildman–Crippen LogP) is 1.96. The maximum atomic E-state index is 8.92. The van der Waals surface area contributed by atoms with Crippen molar-refractivity contribution in [3.63, 3.8) is 0 Å². The van der Waals surface area contributed by atoms with Crippen LogP contribution in [0.15, 0.2) is 5.16 Å². The minimum atomic E-state index is 0.165. The molecule has 0 spiro atoms. The molecule has 0 aliphatic rings. The van der Waals surface area contributed by atoms with Gasteiger partial charge in [-0.3, -0.25) is 0 Å². The molecule has 1 aromatic heterocycles. The second-order valence-electron chi connectivity index (χ2n) is 4.02. The second kappa shape index (κ2) is 8.92. The molecule has 0 radical (unpaired) electrons. The third-order valence-electron chi connectivity index (χ3n) is 2.24. The summed E-state index contributed by atoms with van der Waals surface area (Å²) in [6.07, 6.45) is 1.71. The van der Waals surface area contributed by atoms with Crippen LogP contribution in [0.2, 0.25) is 0 Å². The molecular weight excluding hydrogens is 264 g/mol. The van der Waals surface area contributed by atoms with E-state index < -0.39 is 0 Å². The highest BCUT2D eigenvalue weighted by Gasteiger charge is 2.11. The Bertz CT molecular complexity index is 379. The number of thioether (sulfide) groups is 1. The first-order valence-electron chi connectivity index (χ1n) is 6.59. The van der Waals surface area contributed by atoms with E-state index in [-0.39, 0.29) is 11.9 Å². The van der Waals surface area contributed by atoms with Crippen molar-refractivity contribution >= 4 is 17.7 Å². The van der Waals surface area contributed by atoms with Crippen LogP contribution < -0.4 is 10.1 Å². The molecule has 0 bridgehead atoms. The van der Waals surface area contributed by atoms with E-state index in [1.54, 1.807) is 0 Å². The maximum Gasteiger partial charge on any atom is 0.322 e. The minimum absolute atomic E-state index is 0.165. The van der Waals surface area contributed by atoms with Gasteiger partial charge >= 0.3 is 6.01 Å². The second-order valence-corrected chi connectivity index (χ2v) is 5.43. The van der Waals surface area contributed by atoms with Gasteiger partial charge in [0, 0.05) is 18.4 Å². The molecule has 1 heterocycles. The van der Waals surface area contributed by atoms with Gasteiger partial charge in [-0.05, 0) is 19.8 Å². The Kier molecular flexibility index (Phi) is 7.50. The largest absolute Gasteiger partial charge is 0.464 e. The SMILES string of the molecule is CCCNc1nc(OCC)nc(SC(C)CCO)n1. The van der Waals surface area contributed by atoms with Gasteiger partial charge in [-0.2, -0.15) is 15.0 Å². The summed E-state index contributed by atoms with van der Waals surface area (Å²) in [5.41, 5.74) is 0. The highest BCUT2D eigenvalue weighted by atomic mass is 32.2. The molecule has 2 N–H and O–H groups in total. The summed E-state index contributed by atoms with van der Waals surface area (Å²) in [6, 6.07) is 0.342. The minimum Gasteiger partial charge on any atom is -0.464 e. The van der Waals surface area contributed by atoms with Crippen molar-refractivity contribution < 1.29 is 9.84 Å². The molecule has 7 heteroatoms. The number of hydrogen-bond donors (Lipinski definition) is 2. The summed E-state index contributed by atoms with van der Waals surface area (Å²) in [4.78, 5) is 12.8. The first-order chi connectivity index (χ1) is 9.19. The van der Waals surface area contributed by atoms with Crippen molar-refractivity contribution in [1.82, 2.24) is 15.0 Å². The molecule has 0 aliphatic heterocycles. The predicted molar refractivity (Wildman–Crippen MR) is 76.8 cm³/mol. The van der Waals surface area contributed by atoms with Crippen LogP contribution in [-0.2, 0) is 0 Å². The van der Waals surface area contributed by atoms with Crippen LogP contribution in [0.4, 0.5) is 5.95 Å². The van der Waals surface area contributed by atoms with Crippen LogP contribution in [0.5, 0.6) is 6.01 Å². The van der Waals surface area contributed by atoms with Crippen LogP contribution in [0.1, 0.15) is 33.6 Å². The molecule has 0 aromatic carbocycles. The van der Waals surface area contributed by atoms with Gasteiger partial charge < -0.3 is 15.2 Å². The number of anilines is 1. The lowest BCUT2D eigenvalue weighted by molar-refractivity contribution is 0.288. The highest BCUT2D eigenvalue weighted by molar-refractivity contribution is 7.99. The molecule has 0 saturated carbocycles. The number of rotatable bonds is 9. The average Bonchev–Trinajstić information content (AvgIpc) is 2.36. The van der Waals surface area contributed by atoms with Crippen molar-refractivity contribution in [2.24, 2.45) is 0 Å². The van der Waals surface area contributed by atoms with Gasteiger partial charge in [-0.25, -0.2) is 0 Å². The van der Waals surface area contributed by atoms with Crippen LogP contribution >= 0.6 is 11.8 Å². The zero-order valence-electron chi connectivity index (χ0n) is 11.7. The molecule has 0 fully saturated rings. The first kappa shape index (κ1) is 16.0. The number of hydrogen-bond acceptors (Lipinski definition) is 7. The summed E-state index contributed by atoms with van der Waals surface area (Å²) in [5, 5.41) is 12.9. The van der Waals surface area contributed by atoms with Gasteiger partial charge in [-0.15, -0.1) is 0 Å². The van der Waals surface area contributed by atoms with Crippen molar-refractivity contribution in [3.8, 4) is 6.01 Å². The number of aromatic nitrogens is 3. The van der Waals surface area contributed by atoms with E-state index in [0.717, 1.165) is 13.0 Å². The number of nitrogens with one attached hydrogen (secondary N) is 1. The molecule has 108 valence electrons. The Labute approximate surface area is 118 Å². The van der Waals surface area contributed by atoms with Gasteiger partial charge in [0.05, 0.1) is 6.61 Å². The summed E-state index contributed by atoms with van der Waals surface area (Å²) in [7, 11) is 0. The third-order valence-corrected chi connectivity index (χ3v) is 3.27. The number of ether oxygens (including phenoxy) is 1. The Morgan fingerprint density at radius 1 is 1.32 bits per heavy atom. The van der Waals surface area contributed by atoms with Gasteiger partial charge in [0.15, 0.2) is 5.16 Å². The lowest BCUT2D eigenvalue weighted by Crippen LogP contribution is -2.09. The van der Waals surface area contributed by atoms with Crippen molar-refractivity contribution in [2.45, 2.75) is 44.0 Å². The fraction of sp³-hybridized carbons (Fsp3) is 0.750. The molecule has 0 aliphatic carbocycles. The number of nitrogens with zero attached hydrogens (tertiary/aromatic N) is 3. The smallest absolute Gasteiger partial charge is 0.322 e. The van der Waals surface area contributed by atoms with Gasteiger partial charge in [-0.1, -0.05) is 25.6 Å². The number of aliphatic hydroxyl groups excluding tert-OH is 1. The van der Waals surface area contributed by atoms with Crippen LogP contribution in [0.3, 0.4) is 0 Å². The van der Waals surface area contributed by atoms with Crippen molar-refractivity contribution in [1.29, 1.82) is 0 Å². The van der Waals surface area contributed by atoms with E-state index in [4.69, 9.17) is 9.84 Å². The van der Waals surface area contributed by atoms with E-state index in [1.807, 2.05) is 13.8 Å². The Morgan fingerprint density at radius 2 is 2.11 bits per heavy atom. The summed E-state index contributed by atoms with van der Waals surface area (Å²) < 4.78 is 5.34. The molecule has 6 nitrogen and oxygen atoms in total. The molecular formula is C12H22N4O2S. The van der Waals surface area contributed by atoms with Crippen molar-refractivity contribution in [2.75, 3.05) is 25.1 Å². The maximum absolute atomic E-state index is 8.92. The van der Waals surface area contributed by atoms with Gasteiger partial charge in [0.1, 0.15) is 0 Å². The molecule has 0 amide bonds. The highest BCUT2D eigenvalue weighted by Crippen LogP contribution is 2.23. The standard InChI is InChI=1S/C12H22N4O2S/c1-4-7-13-10-14-11(18-5-2)16-12(15-10)19-9(3)6-8-17/h9,17H,4-8H2,1-3H3,(H,13,14,15,16). The molecule has 1 aromatic rings. The summed E-state index contributed by atoms with van der Waals surface area (Å²) >= 11 is 1.51. The van der Waals surface area contributed by atoms with E-state index in [1.165, 1.54) is 11.8 Å². The zero-order valence-corrected chi connectivity index (χ0v) is 12.5. The Morgan fingerprint density at radius 3 is 2.74 bits per heavy atom. The molecule has 1 rings (SSSR count). The molecule has 1 unspecified atom stereocenters. The quantitative estimate of drug-likeness (QED) is 0.672. The fourth-order valence-corrected chi connectivity index (χ4v) is 2.17. The monoisotopic (exact) mass is 286 g/mol. The Hall–Kier alpha value is -1.08. The summed E-state index contributed by atoms with van der Waals surface area (Å²) in [6.45, 7) is 7.50. The lowest BCUT2D eigenvalue weighted by Gasteiger charge is -2.11. The summed E-state index contributed by atoms with van der Waals surface area (Å²) in [5.74, 6) is 0.541. The van der Waals surface area contributed by atoms with E-state index in [0.29, 0.717) is 30.1 Å². The van der Waals surface area contributed by atoms with Crippen LogP contribution in [0, 0.1) is 0 Å². The lowest BCUT2D eigenvalue weighted by atomic mass is 10.4. The normalized spacial score (nSPS) is 12.2. The van der Waals surface area contributed by atoms with Crippen LogP contribution in [0.25, 0.3) is 0 Å². The third kappa shape index (κ3) is 6.07. The zero-order chi connectivity index (χ0) is 14.1.